The predicted octanol–water partition coefficient (Wildman–Crippen LogP) is 1.09. The zero-order chi connectivity index (χ0) is 15.5. The molecule has 21 heavy (non-hydrogen) atoms. The Kier molecular flexibility index (Phi) is 4.50. The maximum Gasteiger partial charge on any atom is 0.317 e. The number of nitrogens with zero attached hydrogens (tertiary/aromatic N) is 3. The first-order chi connectivity index (χ1) is 9.92. The summed E-state index contributed by atoms with van der Waals surface area (Å²) in [6.45, 7) is 5.76. The zero-order valence-electron chi connectivity index (χ0n) is 12.5. The molecule has 2 rings (SSSR count). The highest BCUT2D eigenvalue weighted by atomic mass is 16.4. The number of aryl methyl sites for hydroxylation is 2. The van der Waals surface area contributed by atoms with E-state index in [0.29, 0.717) is 19.5 Å². The van der Waals surface area contributed by atoms with E-state index in [2.05, 4.69) is 10.3 Å². The number of carboxylic acids is 1. The molecule has 1 aromatic rings. The van der Waals surface area contributed by atoms with E-state index in [-0.39, 0.29) is 12.6 Å². The van der Waals surface area contributed by atoms with E-state index < -0.39 is 11.4 Å². The highest BCUT2D eigenvalue weighted by Gasteiger charge is 2.42. The van der Waals surface area contributed by atoms with Crippen LogP contribution in [0.2, 0.25) is 0 Å². The van der Waals surface area contributed by atoms with Crippen LogP contribution in [0.5, 0.6) is 0 Å². The summed E-state index contributed by atoms with van der Waals surface area (Å²) in [6, 6.07) is -0.178. The van der Waals surface area contributed by atoms with Crippen LogP contribution >= 0.6 is 0 Å². The molecule has 116 valence electrons. The van der Waals surface area contributed by atoms with Gasteiger partial charge in [0.05, 0.1) is 5.41 Å². The van der Waals surface area contributed by atoms with Crippen LogP contribution in [0.1, 0.15) is 25.6 Å². The lowest BCUT2D eigenvalue weighted by atomic mass is 9.90. The molecule has 0 aliphatic carbocycles. The van der Waals surface area contributed by atoms with Gasteiger partial charge in [-0.3, -0.25) is 4.79 Å². The number of rotatable bonds is 5. The average Bonchev–Trinajstić information content (AvgIpc) is 3.02. The van der Waals surface area contributed by atoms with Crippen molar-refractivity contribution in [1.82, 2.24) is 19.8 Å². The van der Waals surface area contributed by atoms with Gasteiger partial charge in [-0.2, -0.15) is 0 Å². The van der Waals surface area contributed by atoms with E-state index in [4.69, 9.17) is 5.11 Å². The fourth-order valence-electron chi connectivity index (χ4n) is 2.51. The van der Waals surface area contributed by atoms with Crippen LogP contribution in [0.3, 0.4) is 0 Å². The monoisotopic (exact) mass is 294 g/mol. The van der Waals surface area contributed by atoms with Crippen molar-refractivity contribution in [3.8, 4) is 0 Å². The molecule has 7 heteroatoms. The standard InChI is InChI=1S/C14H22N4O3/c1-11-15-6-9-17(11)7-3-5-16-13(21)18-8-4-14(2,10-18)12(19)20/h6,9H,3-5,7-8,10H2,1-2H3,(H,16,21)(H,19,20). The topological polar surface area (TPSA) is 87.5 Å². The van der Waals surface area contributed by atoms with E-state index in [1.54, 1.807) is 18.0 Å². The molecule has 1 fully saturated rings. The summed E-state index contributed by atoms with van der Waals surface area (Å²) in [4.78, 5) is 28.9. The molecular weight excluding hydrogens is 272 g/mol. The highest BCUT2D eigenvalue weighted by Crippen LogP contribution is 2.29. The van der Waals surface area contributed by atoms with Gasteiger partial charge in [-0.05, 0) is 26.7 Å². The SMILES string of the molecule is Cc1nccn1CCCNC(=O)N1CCC(C)(C(=O)O)C1. The number of nitrogens with one attached hydrogen (secondary N) is 1. The molecule has 1 aromatic heterocycles. The minimum Gasteiger partial charge on any atom is -0.481 e. The molecule has 2 heterocycles. The number of urea groups is 1. The molecular formula is C14H22N4O3. The van der Waals surface area contributed by atoms with Crippen molar-refractivity contribution in [2.24, 2.45) is 5.41 Å². The van der Waals surface area contributed by atoms with Gasteiger partial charge in [0.25, 0.3) is 0 Å². The number of aromatic nitrogens is 2. The van der Waals surface area contributed by atoms with E-state index in [1.165, 1.54) is 0 Å². The van der Waals surface area contributed by atoms with Crippen LogP contribution in [-0.4, -0.2) is 51.2 Å². The third kappa shape index (κ3) is 3.53. The smallest absolute Gasteiger partial charge is 0.317 e. The highest BCUT2D eigenvalue weighted by molar-refractivity contribution is 5.79. The Balaban J connectivity index is 1.71. The number of imidazole rings is 1. The second-order valence-electron chi connectivity index (χ2n) is 5.79. The lowest BCUT2D eigenvalue weighted by Crippen LogP contribution is -2.41. The van der Waals surface area contributed by atoms with Gasteiger partial charge in [-0.15, -0.1) is 0 Å². The van der Waals surface area contributed by atoms with Gasteiger partial charge in [0, 0.05) is 38.6 Å². The van der Waals surface area contributed by atoms with Crippen LogP contribution in [-0.2, 0) is 11.3 Å². The van der Waals surface area contributed by atoms with E-state index in [1.807, 2.05) is 17.7 Å². The van der Waals surface area contributed by atoms with Crippen molar-refractivity contribution in [3.05, 3.63) is 18.2 Å². The molecule has 1 atom stereocenters. The third-order valence-corrected chi connectivity index (χ3v) is 4.05. The summed E-state index contributed by atoms with van der Waals surface area (Å²) < 4.78 is 2.03. The number of aliphatic carboxylic acids is 1. The largest absolute Gasteiger partial charge is 0.481 e. The Labute approximate surface area is 124 Å². The molecule has 0 radical (unpaired) electrons. The van der Waals surface area contributed by atoms with Gasteiger partial charge >= 0.3 is 12.0 Å². The molecule has 2 N–H and O–H groups in total. The number of likely N-dealkylation sites (tertiary alicyclic amines) is 1. The second-order valence-corrected chi connectivity index (χ2v) is 5.79. The molecule has 0 saturated carbocycles. The van der Waals surface area contributed by atoms with Crippen molar-refractivity contribution in [2.45, 2.75) is 33.2 Å². The average molecular weight is 294 g/mol. The molecule has 1 aliphatic rings. The Morgan fingerprint density at radius 2 is 2.29 bits per heavy atom. The van der Waals surface area contributed by atoms with Crippen molar-refractivity contribution in [3.63, 3.8) is 0 Å². The van der Waals surface area contributed by atoms with E-state index >= 15 is 0 Å². The van der Waals surface area contributed by atoms with Crippen LogP contribution in [0.4, 0.5) is 4.79 Å². The lowest BCUT2D eigenvalue weighted by molar-refractivity contribution is -0.146. The maximum atomic E-state index is 12.0. The zero-order valence-corrected chi connectivity index (χ0v) is 12.5. The summed E-state index contributed by atoms with van der Waals surface area (Å²) in [5.74, 6) is 0.117. The molecule has 1 saturated heterocycles. The number of hydrogen-bond acceptors (Lipinski definition) is 3. The fraction of sp³-hybridized carbons (Fsp3) is 0.643. The van der Waals surface area contributed by atoms with Crippen molar-refractivity contribution < 1.29 is 14.7 Å². The van der Waals surface area contributed by atoms with Crippen LogP contribution < -0.4 is 5.32 Å². The molecule has 0 aromatic carbocycles. The van der Waals surface area contributed by atoms with E-state index in [9.17, 15) is 9.59 Å². The number of carboxylic acid groups (broad SMARTS) is 1. The van der Waals surface area contributed by atoms with Gasteiger partial charge in [0.1, 0.15) is 5.82 Å². The number of carbonyl (C=O) groups excluding carboxylic acids is 1. The van der Waals surface area contributed by atoms with Crippen LogP contribution in [0, 0.1) is 12.3 Å². The third-order valence-electron chi connectivity index (χ3n) is 4.05. The van der Waals surface area contributed by atoms with Gasteiger partial charge in [-0.25, -0.2) is 9.78 Å². The fourth-order valence-corrected chi connectivity index (χ4v) is 2.51. The summed E-state index contributed by atoms with van der Waals surface area (Å²) in [7, 11) is 0. The van der Waals surface area contributed by atoms with Gasteiger partial charge in [-0.1, -0.05) is 0 Å². The molecule has 0 bridgehead atoms. The number of carbonyl (C=O) groups is 2. The quantitative estimate of drug-likeness (QED) is 0.796. The van der Waals surface area contributed by atoms with Crippen molar-refractivity contribution in [1.29, 1.82) is 0 Å². The Morgan fingerprint density at radius 1 is 1.52 bits per heavy atom. The second kappa shape index (κ2) is 6.15. The molecule has 1 unspecified atom stereocenters. The van der Waals surface area contributed by atoms with Crippen LogP contribution in [0.15, 0.2) is 12.4 Å². The van der Waals surface area contributed by atoms with Gasteiger partial charge in [0.2, 0.25) is 0 Å². The number of hydrogen-bond donors (Lipinski definition) is 2. The first-order valence-electron chi connectivity index (χ1n) is 7.16. The van der Waals surface area contributed by atoms with Gasteiger partial charge < -0.3 is 19.9 Å². The van der Waals surface area contributed by atoms with Gasteiger partial charge in [0.15, 0.2) is 0 Å². The summed E-state index contributed by atoms with van der Waals surface area (Å²) in [5, 5.41) is 12.0. The Bertz CT molecular complexity index is 528. The van der Waals surface area contributed by atoms with Crippen molar-refractivity contribution >= 4 is 12.0 Å². The minimum atomic E-state index is -0.839. The summed E-state index contributed by atoms with van der Waals surface area (Å²) in [5.41, 5.74) is -0.814. The Morgan fingerprint density at radius 3 is 2.86 bits per heavy atom. The molecule has 7 nitrogen and oxygen atoms in total. The summed E-state index contributed by atoms with van der Waals surface area (Å²) >= 11 is 0. The van der Waals surface area contributed by atoms with Crippen LogP contribution in [0.25, 0.3) is 0 Å². The first-order valence-corrected chi connectivity index (χ1v) is 7.16. The molecule has 2 amide bonds. The normalized spacial score (nSPS) is 21.5. The number of amides is 2. The summed E-state index contributed by atoms with van der Waals surface area (Å²) in [6.07, 6.45) is 4.98. The predicted molar refractivity (Wildman–Crippen MR) is 76.9 cm³/mol. The minimum absolute atomic E-state index is 0.178. The Hall–Kier alpha value is -2.05. The molecule has 0 spiro atoms. The first kappa shape index (κ1) is 15.3. The maximum absolute atomic E-state index is 12.0. The van der Waals surface area contributed by atoms with Crippen molar-refractivity contribution in [2.75, 3.05) is 19.6 Å². The molecule has 1 aliphatic heterocycles. The van der Waals surface area contributed by atoms with E-state index in [0.717, 1.165) is 18.8 Å². The lowest BCUT2D eigenvalue weighted by Gasteiger charge is -2.20.